The zero-order valence-corrected chi connectivity index (χ0v) is 16.9. The second kappa shape index (κ2) is 7.52. The molecule has 144 valence electrons. The Morgan fingerprint density at radius 3 is 2.62 bits per heavy atom. The minimum atomic E-state index is -1.00. The van der Waals surface area contributed by atoms with Gasteiger partial charge in [0.1, 0.15) is 11.5 Å². The van der Waals surface area contributed by atoms with Gasteiger partial charge in [-0.15, -0.1) is 0 Å². The van der Waals surface area contributed by atoms with Gasteiger partial charge in [-0.1, -0.05) is 28.1 Å². The van der Waals surface area contributed by atoms with Crippen molar-refractivity contribution in [3.63, 3.8) is 0 Å². The Labute approximate surface area is 174 Å². The molecule has 6 nitrogen and oxygen atoms in total. The van der Waals surface area contributed by atoms with Crippen molar-refractivity contribution in [3.8, 4) is 11.3 Å². The molecule has 0 radical (unpaired) electrons. The first-order valence-electron chi connectivity index (χ1n) is 8.73. The van der Waals surface area contributed by atoms with E-state index < -0.39 is 5.97 Å². The molecule has 1 amide bonds. The van der Waals surface area contributed by atoms with Crippen LogP contribution < -0.4 is 5.01 Å². The molecule has 29 heavy (non-hydrogen) atoms. The Hall–Kier alpha value is -3.45. The summed E-state index contributed by atoms with van der Waals surface area (Å²) in [4.78, 5) is 24.0. The second-order valence-electron chi connectivity index (χ2n) is 6.42. The molecule has 1 aromatic heterocycles. The third kappa shape index (κ3) is 3.77. The molecule has 0 unspecified atom stereocenters. The van der Waals surface area contributed by atoms with E-state index in [0.29, 0.717) is 34.1 Å². The first-order valence-corrected chi connectivity index (χ1v) is 9.52. The maximum atomic E-state index is 12.8. The number of hydrazone groups is 1. The lowest BCUT2D eigenvalue weighted by Crippen LogP contribution is -2.21. The Morgan fingerprint density at radius 2 is 1.90 bits per heavy atom. The zero-order valence-electron chi connectivity index (χ0n) is 15.3. The number of aromatic carboxylic acids is 1. The van der Waals surface area contributed by atoms with Crippen molar-refractivity contribution < 1.29 is 19.1 Å². The number of nitrogens with zero attached hydrogens (tertiary/aromatic N) is 2. The van der Waals surface area contributed by atoms with Gasteiger partial charge in [-0.25, -0.2) is 4.79 Å². The second-order valence-corrected chi connectivity index (χ2v) is 7.34. The molecular formula is C22H15BrN2O4. The molecule has 0 spiro atoms. The molecule has 0 aliphatic carbocycles. The summed E-state index contributed by atoms with van der Waals surface area (Å²) in [6.07, 6.45) is 1.64. The van der Waals surface area contributed by atoms with Gasteiger partial charge in [0.05, 0.1) is 22.5 Å². The van der Waals surface area contributed by atoms with Gasteiger partial charge in [-0.3, -0.25) is 4.79 Å². The predicted molar refractivity (Wildman–Crippen MR) is 114 cm³/mol. The van der Waals surface area contributed by atoms with Crippen molar-refractivity contribution >= 4 is 45.3 Å². The Kier molecular flexibility index (Phi) is 4.90. The van der Waals surface area contributed by atoms with Crippen molar-refractivity contribution in [1.82, 2.24) is 0 Å². The molecule has 1 aliphatic heterocycles. The van der Waals surface area contributed by atoms with Crippen LogP contribution in [0.3, 0.4) is 0 Å². The average molecular weight is 451 g/mol. The monoisotopic (exact) mass is 450 g/mol. The third-order valence-corrected chi connectivity index (χ3v) is 4.97. The Balaban J connectivity index is 1.61. The van der Waals surface area contributed by atoms with Gasteiger partial charge in [0, 0.05) is 10.0 Å². The molecule has 3 aromatic rings. The lowest BCUT2D eigenvalue weighted by Gasteiger charge is -2.11. The lowest BCUT2D eigenvalue weighted by molar-refractivity contribution is -0.114. The number of furan rings is 1. The van der Waals surface area contributed by atoms with Crippen LogP contribution in [-0.2, 0) is 4.79 Å². The number of benzene rings is 2. The number of hydrogen-bond acceptors (Lipinski definition) is 4. The fraction of sp³-hybridized carbons (Fsp3) is 0.0455. The van der Waals surface area contributed by atoms with Crippen LogP contribution in [0.5, 0.6) is 0 Å². The van der Waals surface area contributed by atoms with Gasteiger partial charge < -0.3 is 9.52 Å². The number of rotatable bonds is 4. The van der Waals surface area contributed by atoms with E-state index in [1.54, 1.807) is 43.3 Å². The van der Waals surface area contributed by atoms with Crippen LogP contribution in [0.25, 0.3) is 17.4 Å². The first kappa shape index (κ1) is 18.9. The summed E-state index contributed by atoms with van der Waals surface area (Å²) < 4.78 is 6.73. The van der Waals surface area contributed by atoms with Crippen LogP contribution in [0, 0.1) is 0 Å². The van der Waals surface area contributed by atoms with Crippen molar-refractivity contribution in [3.05, 3.63) is 82.0 Å². The SMILES string of the molecule is CC1=NN(c2ccc(Br)cc2)C(=O)/C1=C\c1ccc(-c2cccc(C(=O)O)c2)o1. The molecule has 0 atom stereocenters. The van der Waals surface area contributed by atoms with Gasteiger partial charge in [-0.05, 0) is 61.5 Å². The largest absolute Gasteiger partial charge is 0.478 e. The van der Waals surface area contributed by atoms with Gasteiger partial charge in [0.25, 0.3) is 5.91 Å². The molecule has 1 N–H and O–H groups in total. The maximum absolute atomic E-state index is 12.8. The van der Waals surface area contributed by atoms with E-state index in [1.165, 1.54) is 11.1 Å². The highest BCUT2D eigenvalue weighted by molar-refractivity contribution is 9.10. The Bertz CT molecular complexity index is 1180. The highest BCUT2D eigenvalue weighted by Gasteiger charge is 2.29. The van der Waals surface area contributed by atoms with Gasteiger partial charge in [0.2, 0.25) is 0 Å². The molecule has 7 heteroatoms. The molecule has 0 saturated heterocycles. The van der Waals surface area contributed by atoms with Gasteiger partial charge >= 0.3 is 5.97 Å². The number of anilines is 1. The van der Waals surface area contributed by atoms with Crippen LogP contribution in [0.15, 0.2) is 80.2 Å². The zero-order chi connectivity index (χ0) is 20.5. The summed E-state index contributed by atoms with van der Waals surface area (Å²) in [5, 5.41) is 14.9. The number of carbonyl (C=O) groups is 2. The average Bonchev–Trinajstić information content (AvgIpc) is 3.29. The van der Waals surface area contributed by atoms with Crippen LogP contribution in [0.1, 0.15) is 23.0 Å². The fourth-order valence-corrected chi connectivity index (χ4v) is 3.24. The first-order chi connectivity index (χ1) is 13.9. The summed E-state index contributed by atoms with van der Waals surface area (Å²) in [6.45, 7) is 1.77. The van der Waals surface area contributed by atoms with E-state index in [2.05, 4.69) is 21.0 Å². The predicted octanol–water partition coefficient (Wildman–Crippen LogP) is 5.21. The topological polar surface area (TPSA) is 83.1 Å². The number of halogens is 1. The van der Waals surface area contributed by atoms with Crippen LogP contribution in [0.2, 0.25) is 0 Å². The number of carbonyl (C=O) groups excluding carboxylic acids is 1. The smallest absolute Gasteiger partial charge is 0.335 e. The van der Waals surface area contributed by atoms with Crippen LogP contribution in [0.4, 0.5) is 5.69 Å². The third-order valence-electron chi connectivity index (χ3n) is 4.44. The molecule has 0 saturated carbocycles. The van der Waals surface area contributed by atoms with E-state index >= 15 is 0 Å². The summed E-state index contributed by atoms with van der Waals surface area (Å²) in [5.41, 5.74) is 2.52. The number of carboxylic acids is 1. The number of carboxylic acid groups (broad SMARTS) is 1. The van der Waals surface area contributed by atoms with Crippen LogP contribution >= 0.6 is 15.9 Å². The molecule has 2 aromatic carbocycles. The lowest BCUT2D eigenvalue weighted by atomic mass is 10.1. The maximum Gasteiger partial charge on any atom is 0.335 e. The molecule has 2 heterocycles. The fourth-order valence-electron chi connectivity index (χ4n) is 2.97. The molecule has 4 rings (SSSR count). The molecule has 0 bridgehead atoms. The van der Waals surface area contributed by atoms with Gasteiger partial charge in [0.15, 0.2) is 0 Å². The highest BCUT2D eigenvalue weighted by atomic mass is 79.9. The minimum absolute atomic E-state index is 0.179. The summed E-state index contributed by atoms with van der Waals surface area (Å²) in [5.74, 6) is -0.242. The van der Waals surface area contributed by atoms with Gasteiger partial charge in [-0.2, -0.15) is 10.1 Å². The molecule has 0 fully saturated rings. The summed E-state index contributed by atoms with van der Waals surface area (Å²) in [6, 6.07) is 17.3. The summed E-state index contributed by atoms with van der Waals surface area (Å²) in [7, 11) is 0. The Morgan fingerprint density at radius 1 is 1.14 bits per heavy atom. The van der Waals surface area contributed by atoms with Crippen molar-refractivity contribution in [1.29, 1.82) is 0 Å². The van der Waals surface area contributed by atoms with Crippen molar-refractivity contribution in [2.75, 3.05) is 5.01 Å². The van der Waals surface area contributed by atoms with Crippen molar-refractivity contribution in [2.24, 2.45) is 5.10 Å². The van der Waals surface area contributed by atoms with E-state index in [-0.39, 0.29) is 11.5 Å². The normalized spacial score (nSPS) is 15.1. The summed E-state index contributed by atoms with van der Waals surface area (Å²) >= 11 is 3.38. The minimum Gasteiger partial charge on any atom is -0.478 e. The molecule has 1 aliphatic rings. The standard InChI is InChI=1S/C22H15BrN2O4/c1-13-19(21(26)25(24-13)17-7-5-16(23)6-8-17)12-18-9-10-20(29-18)14-3-2-4-15(11-14)22(27)28/h2-12H,1H3,(H,27,28)/b19-12-. The van der Waals surface area contributed by atoms with E-state index in [1.807, 2.05) is 24.3 Å². The van der Waals surface area contributed by atoms with E-state index in [4.69, 9.17) is 9.52 Å². The van der Waals surface area contributed by atoms with Crippen LogP contribution in [-0.4, -0.2) is 22.7 Å². The van der Waals surface area contributed by atoms with E-state index in [9.17, 15) is 9.59 Å². The number of hydrogen-bond donors (Lipinski definition) is 1. The quantitative estimate of drug-likeness (QED) is 0.552. The molecular weight excluding hydrogens is 436 g/mol. The van der Waals surface area contributed by atoms with Crippen molar-refractivity contribution in [2.45, 2.75) is 6.92 Å². The van der Waals surface area contributed by atoms with E-state index in [0.717, 1.165) is 4.47 Å². The highest BCUT2D eigenvalue weighted by Crippen LogP contribution is 2.28. The number of amides is 1.